The van der Waals surface area contributed by atoms with Crippen LogP contribution in [0.1, 0.15) is 0 Å². The molecule has 49 valence electrons. The van der Waals surface area contributed by atoms with Gasteiger partial charge in [-0.05, 0) is 0 Å². The van der Waals surface area contributed by atoms with Crippen molar-refractivity contribution in [1.82, 2.24) is 6.15 Å². The van der Waals surface area contributed by atoms with Crippen LogP contribution in [0.5, 0.6) is 0 Å². The zero-order valence-electron chi connectivity index (χ0n) is 3.37. The molecule has 0 aliphatic heterocycles. The standard InChI is InChI=1S/Co.H3N.H2O4S/c;;1-5(2,3)4/h;1H3;(H2,1,2,3,4)/p-1. The summed E-state index contributed by atoms with van der Waals surface area (Å²) in [5, 5.41) is 0. The van der Waals surface area contributed by atoms with Crippen molar-refractivity contribution < 1.29 is 34.3 Å². The quantitative estimate of drug-likeness (QED) is 0.374. The first kappa shape index (κ1) is 15.7. The van der Waals surface area contributed by atoms with Gasteiger partial charge in [0.05, 0.1) is 0 Å². The molecule has 0 spiro atoms. The minimum Gasteiger partial charge on any atom is -0.759 e. The van der Waals surface area contributed by atoms with Crippen LogP contribution >= 0.6 is 0 Å². The second-order valence-corrected chi connectivity index (χ2v) is 1.22. The Morgan fingerprint density at radius 2 is 1.14 bits per heavy atom. The van der Waals surface area contributed by atoms with E-state index in [0.29, 0.717) is 0 Å². The molecule has 0 aromatic heterocycles. The van der Waals surface area contributed by atoms with Crippen molar-refractivity contribution in [3.8, 4) is 0 Å². The Hall–Kier alpha value is 0.336. The molecule has 1 radical (unpaired) electrons. The Bertz CT molecular complexity index is 94.9. The van der Waals surface area contributed by atoms with Crippen LogP contribution in [0.15, 0.2) is 0 Å². The van der Waals surface area contributed by atoms with Crippen molar-refractivity contribution >= 4 is 10.4 Å². The Labute approximate surface area is 51.5 Å². The molecule has 0 saturated carbocycles. The van der Waals surface area contributed by atoms with Gasteiger partial charge >= 0.3 is 0 Å². The van der Waals surface area contributed by atoms with Gasteiger partial charge in [-0.25, -0.2) is 0 Å². The van der Waals surface area contributed by atoms with Crippen LogP contribution in [-0.2, 0) is 27.2 Å². The summed E-state index contributed by atoms with van der Waals surface area (Å²) >= 11 is 0. The van der Waals surface area contributed by atoms with Gasteiger partial charge in [0.15, 0.2) is 0 Å². The molecule has 0 fully saturated rings. The summed E-state index contributed by atoms with van der Waals surface area (Å²) in [5.74, 6) is 0. The molecule has 0 amide bonds. The third-order valence-electron chi connectivity index (χ3n) is 0. The maximum Gasteiger partial charge on any atom is 0.0311 e. The summed E-state index contributed by atoms with van der Waals surface area (Å²) in [6.45, 7) is 0. The van der Waals surface area contributed by atoms with Crippen LogP contribution in [0.25, 0.3) is 0 Å². The van der Waals surface area contributed by atoms with Gasteiger partial charge in [-0.3, -0.25) is 8.42 Å². The predicted octanol–water partition coefficient (Wildman–Crippen LogP) is -0.964. The van der Waals surface area contributed by atoms with Gasteiger partial charge in [-0.1, -0.05) is 0 Å². The average molecular weight is 173 g/mol. The molecule has 0 aliphatic carbocycles. The minimum atomic E-state index is -5.17. The van der Waals surface area contributed by atoms with Gasteiger partial charge in [0.25, 0.3) is 0 Å². The van der Waals surface area contributed by atoms with Crippen molar-refractivity contribution in [2.45, 2.75) is 0 Å². The van der Waals surface area contributed by atoms with E-state index in [1.54, 1.807) is 0 Å². The van der Waals surface area contributed by atoms with E-state index < -0.39 is 10.4 Å². The van der Waals surface area contributed by atoms with Crippen LogP contribution in [0.2, 0.25) is 0 Å². The van der Waals surface area contributed by atoms with E-state index in [-0.39, 0.29) is 22.9 Å². The Kier molecular flexibility index (Phi) is 10.1. The molecule has 0 rings (SSSR count). The smallest absolute Gasteiger partial charge is 0.0311 e. The van der Waals surface area contributed by atoms with Crippen LogP contribution in [0.3, 0.4) is 0 Å². The average Bonchev–Trinajstić information content (AvgIpc) is 0.722. The molecule has 0 bridgehead atoms. The van der Waals surface area contributed by atoms with Gasteiger partial charge in [0, 0.05) is 27.2 Å². The molecule has 5 nitrogen and oxygen atoms in total. The third kappa shape index (κ3) is 1050. The SMILES string of the molecule is O=S(=O)([O-])[O-].[Co].[NH4+]. The molecule has 0 aliphatic rings. The van der Waals surface area contributed by atoms with Crippen molar-refractivity contribution in [1.29, 1.82) is 0 Å². The summed E-state index contributed by atoms with van der Waals surface area (Å²) in [6.07, 6.45) is 0. The molecule has 4 N–H and O–H groups in total. The largest absolute Gasteiger partial charge is 0.759 e. The molecule has 7 heteroatoms. The molecule has 0 saturated heterocycles. The molecule has 0 heterocycles. The number of hydrogen-bond acceptors (Lipinski definition) is 4. The second kappa shape index (κ2) is 4.49. The summed E-state index contributed by atoms with van der Waals surface area (Å²) in [6, 6.07) is 0. The third-order valence-corrected chi connectivity index (χ3v) is 0. The Morgan fingerprint density at radius 1 is 1.14 bits per heavy atom. The van der Waals surface area contributed by atoms with E-state index in [0.717, 1.165) is 0 Å². The summed E-state index contributed by atoms with van der Waals surface area (Å²) in [7, 11) is -5.17. The van der Waals surface area contributed by atoms with Crippen molar-refractivity contribution in [3.63, 3.8) is 0 Å². The Balaban J connectivity index is -0.0000000800. The van der Waals surface area contributed by atoms with E-state index in [1.165, 1.54) is 0 Å². The zero-order chi connectivity index (χ0) is 4.50. The van der Waals surface area contributed by atoms with Crippen LogP contribution in [-0.4, -0.2) is 17.5 Å². The molecule has 0 atom stereocenters. The summed E-state index contributed by atoms with van der Waals surface area (Å²) in [5.41, 5.74) is 0. The fourth-order valence-corrected chi connectivity index (χ4v) is 0. The molecule has 0 aromatic rings. The summed E-state index contributed by atoms with van der Waals surface area (Å²) < 4.78 is 34.1. The second-order valence-electron chi connectivity index (χ2n) is 0.408. The predicted molar refractivity (Wildman–Crippen MR) is 16.5 cm³/mol. The van der Waals surface area contributed by atoms with Crippen molar-refractivity contribution in [3.05, 3.63) is 0 Å². The molecular weight excluding hydrogens is 169 g/mol. The molecule has 7 heavy (non-hydrogen) atoms. The molecular formula is H4CoNO4S-. The maximum absolute atomic E-state index is 8.52. The maximum atomic E-state index is 8.52. The normalized spacial score (nSPS) is 8.29. The van der Waals surface area contributed by atoms with E-state index in [9.17, 15) is 0 Å². The van der Waals surface area contributed by atoms with Crippen molar-refractivity contribution in [2.24, 2.45) is 0 Å². The van der Waals surface area contributed by atoms with E-state index in [2.05, 4.69) is 0 Å². The first-order chi connectivity index (χ1) is 2.00. The first-order valence-electron chi connectivity index (χ1n) is 0.667. The van der Waals surface area contributed by atoms with Gasteiger partial charge in [0.1, 0.15) is 0 Å². The molecule has 0 unspecified atom stereocenters. The van der Waals surface area contributed by atoms with Gasteiger partial charge in [-0.15, -0.1) is 0 Å². The van der Waals surface area contributed by atoms with Crippen molar-refractivity contribution in [2.75, 3.05) is 0 Å². The van der Waals surface area contributed by atoms with Gasteiger partial charge in [0.2, 0.25) is 0 Å². The van der Waals surface area contributed by atoms with E-state index in [4.69, 9.17) is 17.5 Å². The number of hydrogen-bond donors (Lipinski definition) is 1. The molecule has 0 aromatic carbocycles. The first-order valence-corrected chi connectivity index (χ1v) is 2.00. The number of rotatable bonds is 0. The fraction of sp³-hybridized carbons (Fsp3) is 0. The van der Waals surface area contributed by atoms with Crippen LogP contribution in [0, 0.1) is 0 Å². The van der Waals surface area contributed by atoms with Crippen LogP contribution in [0.4, 0.5) is 0 Å². The minimum absolute atomic E-state index is 0. The zero-order valence-corrected chi connectivity index (χ0v) is 5.23. The monoisotopic (exact) mass is 173 g/mol. The van der Waals surface area contributed by atoms with Gasteiger partial charge < -0.3 is 15.3 Å². The number of quaternary nitrogens is 1. The Morgan fingerprint density at radius 3 is 1.14 bits per heavy atom. The topological polar surface area (TPSA) is 117 Å². The summed E-state index contributed by atoms with van der Waals surface area (Å²) in [4.78, 5) is 0. The fourth-order valence-electron chi connectivity index (χ4n) is 0. The van der Waals surface area contributed by atoms with Gasteiger partial charge in [-0.2, -0.15) is 0 Å². The van der Waals surface area contributed by atoms with Crippen LogP contribution < -0.4 is 6.15 Å². The van der Waals surface area contributed by atoms with E-state index in [1.807, 2.05) is 0 Å². The van der Waals surface area contributed by atoms with E-state index >= 15 is 0 Å².